The van der Waals surface area contributed by atoms with Crippen LogP contribution >= 0.6 is 11.6 Å². The third-order valence-electron chi connectivity index (χ3n) is 4.44. The van der Waals surface area contributed by atoms with Crippen molar-refractivity contribution in [3.05, 3.63) is 94.1 Å². The van der Waals surface area contributed by atoms with Gasteiger partial charge >= 0.3 is 0 Å². The number of nitrogens with one attached hydrogen (secondary N) is 1. The zero-order chi connectivity index (χ0) is 20.4. The molecule has 0 saturated heterocycles. The van der Waals surface area contributed by atoms with Crippen LogP contribution in [0.15, 0.2) is 76.3 Å². The van der Waals surface area contributed by atoms with E-state index in [-0.39, 0.29) is 11.5 Å². The van der Waals surface area contributed by atoms with Gasteiger partial charge in [-0.05, 0) is 55.3 Å². The molecule has 2 aromatic heterocycles. The maximum Gasteiger partial charge on any atom is 0.262 e. The maximum absolute atomic E-state index is 13.0. The van der Waals surface area contributed by atoms with E-state index >= 15 is 0 Å². The summed E-state index contributed by atoms with van der Waals surface area (Å²) in [6.45, 7) is 3.85. The number of carbonyl (C=O) groups is 1. The number of pyridine rings is 1. The fraction of sp³-hybridized carbons (Fsp3) is 0.0870. The molecule has 2 heterocycles. The summed E-state index contributed by atoms with van der Waals surface area (Å²) in [6.07, 6.45) is 1.69. The van der Waals surface area contributed by atoms with Crippen molar-refractivity contribution in [1.82, 2.24) is 4.98 Å². The highest BCUT2D eigenvalue weighted by atomic mass is 35.5. The standard InChI is InChI=1S/C23H18ClN3O2/c1-14-7-10-21(25-13-14)27-22(28)18-11-16-5-3-4-6-20(16)29-23(18)26-17-9-8-15(2)19(24)12-17/h3-13H,1-2H3,(H,25,27,28). The molecule has 1 amide bonds. The normalized spacial score (nSPS) is 11.6. The lowest BCUT2D eigenvalue weighted by molar-refractivity contribution is 0.102. The minimum atomic E-state index is -0.354. The number of aryl methyl sites for hydroxylation is 2. The largest absolute Gasteiger partial charge is 0.438 e. The van der Waals surface area contributed by atoms with Crippen molar-refractivity contribution in [3.8, 4) is 0 Å². The number of amides is 1. The van der Waals surface area contributed by atoms with Crippen LogP contribution in [-0.4, -0.2) is 10.9 Å². The first-order valence-electron chi connectivity index (χ1n) is 9.07. The van der Waals surface area contributed by atoms with Gasteiger partial charge in [-0.3, -0.25) is 4.79 Å². The monoisotopic (exact) mass is 403 g/mol. The second-order valence-corrected chi connectivity index (χ2v) is 7.13. The highest BCUT2D eigenvalue weighted by Gasteiger charge is 2.14. The Morgan fingerprint density at radius 3 is 2.66 bits per heavy atom. The van der Waals surface area contributed by atoms with Gasteiger partial charge in [-0.1, -0.05) is 41.9 Å². The lowest BCUT2D eigenvalue weighted by Crippen LogP contribution is -2.22. The van der Waals surface area contributed by atoms with Crippen molar-refractivity contribution in [3.63, 3.8) is 0 Å². The number of rotatable bonds is 3. The molecule has 144 valence electrons. The molecule has 0 bridgehead atoms. The Morgan fingerprint density at radius 2 is 1.90 bits per heavy atom. The van der Waals surface area contributed by atoms with Crippen LogP contribution < -0.4 is 10.9 Å². The number of fused-ring (bicyclic) bond motifs is 1. The molecule has 0 saturated carbocycles. The summed E-state index contributed by atoms with van der Waals surface area (Å²) in [5.74, 6) is 0.103. The summed E-state index contributed by atoms with van der Waals surface area (Å²) in [5.41, 5.74) is 3.70. The van der Waals surface area contributed by atoms with E-state index in [1.54, 1.807) is 24.4 Å². The molecule has 0 spiro atoms. The zero-order valence-electron chi connectivity index (χ0n) is 15.9. The first-order chi connectivity index (χ1) is 14.0. The van der Waals surface area contributed by atoms with Crippen LogP contribution in [0.1, 0.15) is 21.5 Å². The van der Waals surface area contributed by atoms with Gasteiger partial charge in [-0.25, -0.2) is 9.98 Å². The molecule has 0 unspecified atom stereocenters. The molecular formula is C23H18ClN3O2. The number of hydrogen-bond acceptors (Lipinski definition) is 4. The SMILES string of the molecule is Cc1ccc(NC(=O)c2cc3ccccc3oc2=Nc2ccc(C)c(Cl)c2)nc1. The molecule has 5 nitrogen and oxygen atoms in total. The predicted octanol–water partition coefficient (Wildman–Crippen LogP) is 5.58. The first kappa shape index (κ1) is 18.9. The van der Waals surface area contributed by atoms with Crippen molar-refractivity contribution in [1.29, 1.82) is 0 Å². The molecule has 4 aromatic rings. The number of benzene rings is 2. The molecule has 0 aliphatic rings. The van der Waals surface area contributed by atoms with Crippen LogP contribution in [-0.2, 0) is 0 Å². The van der Waals surface area contributed by atoms with E-state index in [0.29, 0.717) is 27.7 Å². The van der Waals surface area contributed by atoms with Gasteiger partial charge in [0.25, 0.3) is 5.91 Å². The first-order valence-corrected chi connectivity index (χ1v) is 9.45. The van der Waals surface area contributed by atoms with Crippen LogP contribution in [0.4, 0.5) is 11.5 Å². The molecule has 0 atom stereocenters. The van der Waals surface area contributed by atoms with Gasteiger partial charge in [-0.15, -0.1) is 0 Å². The molecule has 4 rings (SSSR count). The highest BCUT2D eigenvalue weighted by Crippen LogP contribution is 2.22. The predicted molar refractivity (Wildman–Crippen MR) is 115 cm³/mol. The van der Waals surface area contributed by atoms with Crippen LogP contribution in [0, 0.1) is 13.8 Å². The zero-order valence-corrected chi connectivity index (χ0v) is 16.7. The van der Waals surface area contributed by atoms with E-state index in [1.165, 1.54) is 0 Å². The summed E-state index contributed by atoms with van der Waals surface area (Å²) >= 11 is 6.22. The summed E-state index contributed by atoms with van der Waals surface area (Å²) in [6, 6.07) is 18.3. The second kappa shape index (κ2) is 7.89. The second-order valence-electron chi connectivity index (χ2n) is 6.72. The maximum atomic E-state index is 13.0. The van der Waals surface area contributed by atoms with E-state index in [9.17, 15) is 4.79 Å². The van der Waals surface area contributed by atoms with Crippen molar-refractivity contribution < 1.29 is 9.21 Å². The van der Waals surface area contributed by atoms with Crippen molar-refractivity contribution in [2.45, 2.75) is 13.8 Å². The molecule has 2 aromatic carbocycles. The number of nitrogens with zero attached hydrogens (tertiary/aromatic N) is 2. The van der Waals surface area contributed by atoms with Crippen molar-refractivity contribution in [2.24, 2.45) is 4.99 Å². The van der Waals surface area contributed by atoms with E-state index in [2.05, 4.69) is 15.3 Å². The van der Waals surface area contributed by atoms with Crippen molar-refractivity contribution >= 4 is 40.0 Å². The Labute approximate surface area is 172 Å². The minimum absolute atomic E-state index is 0.202. The molecular weight excluding hydrogens is 386 g/mol. The summed E-state index contributed by atoms with van der Waals surface area (Å²) in [5, 5.41) is 4.20. The number of aromatic nitrogens is 1. The Morgan fingerprint density at radius 1 is 1.07 bits per heavy atom. The smallest absolute Gasteiger partial charge is 0.262 e. The van der Waals surface area contributed by atoms with Crippen LogP contribution in [0.25, 0.3) is 11.0 Å². The van der Waals surface area contributed by atoms with E-state index in [0.717, 1.165) is 16.5 Å². The van der Waals surface area contributed by atoms with Gasteiger partial charge in [0.2, 0.25) is 5.55 Å². The Balaban J connectivity index is 1.83. The minimum Gasteiger partial charge on any atom is -0.438 e. The highest BCUT2D eigenvalue weighted by molar-refractivity contribution is 6.31. The Kier molecular flexibility index (Phi) is 5.14. The third kappa shape index (κ3) is 4.20. The lowest BCUT2D eigenvalue weighted by Gasteiger charge is -2.07. The van der Waals surface area contributed by atoms with Gasteiger partial charge < -0.3 is 9.73 Å². The summed E-state index contributed by atoms with van der Waals surface area (Å²) in [7, 11) is 0. The topological polar surface area (TPSA) is 67.5 Å². The molecule has 29 heavy (non-hydrogen) atoms. The van der Waals surface area contributed by atoms with E-state index in [1.807, 2.05) is 56.3 Å². The van der Waals surface area contributed by atoms with Gasteiger partial charge in [0.15, 0.2) is 0 Å². The molecule has 6 heteroatoms. The van der Waals surface area contributed by atoms with E-state index in [4.69, 9.17) is 16.0 Å². The van der Waals surface area contributed by atoms with Gasteiger partial charge in [0, 0.05) is 16.6 Å². The summed E-state index contributed by atoms with van der Waals surface area (Å²) < 4.78 is 5.95. The number of anilines is 1. The van der Waals surface area contributed by atoms with Gasteiger partial charge in [0.1, 0.15) is 17.0 Å². The number of halogens is 1. The number of para-hydroxylation sites is 1. The quantitative estimate of drug-likeness (QED) is 0.485. The Hall–Kier alpha value is -3.44. The van der Waals surface area contributed by atoms with E-state index < -0.39 is 0 Å². The van der Waals surface area contributed by atoms with Crippen LogP contribution in [0.2, 0.25) is 5.02 Å². The molecule has 0 fully saturated rings. The van der Waals surface area contributed by atoms with Crippen molar-refractivity contribution in [2.75, 3.05) is 5.32 Å². The summed E-state index contributed by atoms with van der Waals surface area (Å²) in [4.78, 5) is 21.7. The molecule has 0 aliphatic carbocycles. The average molecular weight is 404 g/mol. The molecule has 0 aliphatic heterocycles. The fourth-order valence-corrected chi connectivity index (χ4v) is 2.98. The van der Waals surface area contributed by atoms with Crippen LogP contribution in [0.3, 0.4) is 0 Å². The average Bonchev–Trinajstić information content (AvgIpc) is 2.72. The lowest BCUT2D eigenvalue weighted by atomic mass is 10.1. The molecule has 0 radical (unpaired) electrons. The molecule has 1 N–H and O–H groups in total. The van der Waals surface area contributed by atoms with Gasteiger partial charge in [0.05, 0.1) is 5.69 Å². The number of hydrogen-bond donors (Lipinski definition) is 1. The fourth-order valence-electron chi connectivity index (χ4n) is 2.81. The number of carbonyl (C=O) groups excluding carboxylic acids is 1. The Bertz CT molecular complexity index is 1280. The van der Waals surface area contributed by atoms with Crippen LogP contribution in [0.5, 0.6) is 0 Å². The third-order valence-corrected chi connectivity index (χ3v) is 4.85. The van der Waals surface area contributed by atoms with Gasteiger partial charge in [-0.2, -0.15) is 0 Å².